The lowest BCUT2D eigenvalue weighted by molar-refractivity contribution is -0.139. The summed E-state index contributed by atoms with van der Waals surface area (Å²) in [6, 6.07) is 14.0. The number of methoxy groups -OCH3 is 2. The third-order valence-corrected chi connectivity index (χ3v) is 7.96. The lowest BCUT2D eigenvalue weighted by Crippen LogP contribution is -2.40. The lowest BCUT2D eigenvalue weighted by atomic mass is 9.90. The van der Waals surface area contributed by atoms with Crippen molar-refractivity contribution < 1.29 is 24.1 Å². The zero-order valence-corrected chi connectivity index (χ0v) is 24.1. The maximum atomic E-state index is 14.1. The van der Waals surface area contributed by atoms with Gasteiger partial charge in [0.1, 0.15) is 11.8 Å². The summed E-state index contributed by atoms with van der Waals surface area (Å²) in [6.07, 6.45) is 1.59. The number of hydrogen-bond donors (Lipinski definition) is 1. The zero-order chi connectivity index (χ0) is 27.8. The molecule has 1 aliphatic rings. The van der Waals surface area contributed by atoms with Crippen LogP contribution < -0.4 is 24.4 Å². The summed E-state index contributed by atoms with van der Waals surface area (Å²) in [6.45, 7) is 3.64. The van der Waals surface area contributed by atoms with Gasteiger partial charge in [-0.15, -0.1) is 0 Å². The van der Waals surface area contributed by atoms with Crippen molar-refractivity contribution in [3.05, 3.63) is 95.1 Å². The number of halogens is 1. The van der Waals surface area contributed by atoms with Crippen LogP contribution in [0.2, 0.25) is 0 Å². The van der Waals surface area contributed by atoms with E-state index in [9.17, 15) is 14.7 Å². The number of nitrogens with zero attached hydrogens (tertiary/aromatic N) is 2. The van der Waals surface area contributed by atoms with E-state index in [4.69, 9.17) is 14.2 Å². The number of hydrogen-bond acceptors (Lipinski definition) is 8. The molecular weight excluding hydrogens is 584 g/mol. The molecule has 0 radical (unpaired) electrons. The van der Waals surface area contributed by atoms with E-state index in [-0.39, 0.29) is 29.2 Å². The van der Waals surface area contributed by atoms with Crippen LogP contribution in [0.5, 0.6) is 17.2 Å². The van der Waals surface area contributed by atoms with Gasteiger partial charge in [0.2, 0.25) is 0 Å². The molecule has 0 fully saturated rings. The van der Waals surface area contributed by atoms with E-state index in [1.807, 2.05) is 36.4 Å². The van der Waals surface area contributed by atoms with Crippen LogP contribution in [0.25, 0.3) is 16.8 Å². The Morgan fingerprint density at radius 2 is 1.90 bits per heavy atom. The first kappa shape index (κ1) is 26.7. The summed E-state index contributed by atoms with van der Waals surface area (Å²) < 4.78 is 19.0. The van der Waals surface area contributed by atoms with Crippen molar-refractivity contribution >= 4 is 50.1 Å². The predicted octanol–water partition coefficient (Wildman–Crippen LogP) is 4.44. The van der Waals surface area contributed by atoms with Crippen LogP contribution in [0.1, 0.15) is 31.0 Å². The molecule has 0 unspecified atom stereocenters. The van der Waals surface area contributed by atoms with Gasteiger partial charge in [-0.3, -0.25) is 9.36 Å². The third-order valence-electron chi connectivity index (χ3n) is 6.52. The minimum atomic E-state index is -0.853. The average Bonchev–Trinajstić information content (AvgIpc) is 3.23. The molecule has 0 amide bonds. The fourth-order valence-electron chi connectivity index (χ4n) is 4.80. The number of phenols is 1. The molecule has 0 aliphatic carbocycles. The van der Waals surface area contributed by atoms with Gasteiger partial charge in [-0.1, -0.05) is 57.6 Å². The smallest absolute Gasteiger partial charge is 0.338 e. The van der Waals surface area contributed by atoms with Gasteiger partial charge in [-0.25, -0.2) is 9.79 Å². The van der Waals surface area contributed by atoms with E-state index in [0.29, 0.717) is 36.4 Å². The Hall–Kier alpha value is -3.89. The number of aromatic nitrogens is 1. The number of thiazole rings is 1. The molecule has 1 aliphatic heterocycles. The number of benzene rings is 3. The van der Waals surface area contributed by atoms with Crippen molar-refractivity contribution in [2.75, 3.05) is 20.8 Å². The van der Waals surface area contributed by atoms with Gasteiger partial charge in [0.25, 0.3) is 5.56 Å². The van der Waals surface area contributed by atoms with Crippen molar-refractivity contribution in [1.82, 2.24) is 4.57 Å². The number of carbonyl (C=O) groups excluding carboxylic acids is 1. The first-order chi connectivity index (χ1) is 18.8. The second kappa shape index (κ2) is 10.7. The first-order valence-electron chi connectivity index (χ1n) is 12.1. The van der Waals surface area contributed by atoms with Crippen LogP contribution in [0, 0.1) is 0 Å². The van der Waals surface area contributed by atoms with Gasteiger partial charge in [0.15, 0.2) is 16.3 Å². The molecule has 0 spiro atoms. The van der Waals surface area contributed by atoms with Gasteiger partial charge >= 0.3 is 5.97 Å². The van der Waals surface area contributed by atoms with Crippen molar-refractivity contribution in [3.63, 3.8) is 0 Å². The van der Waals surface area contributed by atoms with E-state index in [0.717, 1.165) is 10.8 Å². The standard InChI is InChI=1S/C29H25BrN2O6S/c1-5-38-28(35)23-15(2)31-29-32(25(23)24-19-9-7-6-8-16(19)10-11-20(24)36-3)27(34)22(39-29)13-17-12-18(30)14-21(37-4)26(17)33/h6-14,25,33H,5H2,1-4H3/b22-13+/t25-/m1/s1. The van der Waals surface area contributed by atoms with Crippen LogP contribution in [0.15, 0.2) is 74.1 Å². The molecule has 0 saturated heterocycles. The van der Waals surface area contributed by atoms with Gasteiger partial charge in [-0.2, -0.15) is 0 Å². The van der Waals surface area contributed by atoms with Crippen LogP contribution in [0.3, 0.4) is 0 Å². The Kier molecular flexibility index (Phi) is 7.33. The maximum Gasteiger partial charge on any atom is 0.338 e. The molecule has 1 aromatic heterocycles. The number of esters is 1. The summed E-state index contributed by atoms with van der Waals surface area (Å²) in [5.74, 6) is 0.144. The highest BCUT2D eigenvalue weighted by molar-refractivity contribution is 9.10. The van der Waals surface area contributed by atoms with Crippen molar-refractivity contribution in [2.24, 2.45) is 4.99 Å². The Balaban J connectivity index is 1.85. The normalized spacial score (nSPS) is 15.2. The second-order valence-electron chi connectivity index (χ2n) is 8.75. The maximum absolute atomic E-state index is 14.1. The summed E-state index contributed by atoms with van der Waals surface area (Å²) >= 11 is 4.59. The molecule has 2 heterocycles. The summed E-state index contributed by atoms with van der Waals surface area (Å²) in [5, 5.41) is 12.5. The highest BCUT2D eigenvalue weighted by Crippen LogP contribution is 2.40. The number of allylic oxidation sites excluding steroid dienone is 1. The third kappa shape index (κ3) is 4.63. The fourth-order valence-corrected chi connectivity index (χ4v) is 6.29. The summed E-state index contributed by atoms with van der Waals surface area (Å²) in [5.41, 5.74) is 1.40. The number of rotatable bonds is 6. The highest BCUT2D eigenvalue weighted by atomic mass is 79.9. The van der Waals surface area contributed by atoms with Gasteiger partial charge in [0.05, 0.1) is 36.6 Å². The number of aromatic hydroxyl groups is 1. The number of phenolic OH excluding ortho intramolecular Hbond substituents is 1. The van der Waals surface area contributed by atoms with Gasteiger partial charge < -0.3 is 19.3 Å². The second-order valence-corrected chi connectivity index (χ2v) is 10.7. The highest BCUT2D eigenvalue weighted by Gasteiger charge is 2.36. The lowest BCUT2D eigenvalue weighted by Gasteiger charge is -2.27. The SMILES string of the molecule is CCOC(=O)C1=C(C)N=c2s/c(=C/c3cc(Br)cc(OC)c3O)c(=O)n2[C@H]1c1c(OC)ccc2ccccc12. The van der Waals surface area contributed by atoms with Crippen molar-refractivity contribution in [3.8, 4) is 17.2 Å². The molecule has 8 nitrogen and oxygen atoms in total. The van der Waals surface area contributed by atoms with Crippen molar-refractivity contribution in [2.45, 2.75) is 19.9 Å². The minimum absolute atomic E-state index is 0.0952. The molecule has 5 rings (SSSR count). The minimum Gasteiger partial charge on any atom is -0.504 e. The summed E-state index contributed by atoms with van der Waals surface area (Å²) in [4.78, 5) is 32.5. The quantitative estimate of drug-likeness (QED) is 0.325. The number of fused-ring (bicyclic) bond motifs is 2. The predicted molar refractivity (Wildman–Crippen MR) is 153 cm³/mol. The van der Waals surface area contributed by atoms with E-state index in [2.05, 4.69) is 20.9 Å². The van der Waals surface area contributed by atoms with E-state index >= 15 is 0 Å². The van der Waals surface area contributed by atoms with E-state index in [1.54, 1.807) is 39.2 Å². The molecule has 1 atom stereocenters. The molecule has 0 saturated carbocycles. The molecule has 10 heteroatoms. The fraction of sp³-hybridized carbons (Fsp3) is 0.207. The Morgan fingerprint density at radius 3 is 2.62 bits per heavy atom. The molecule has 3 aromatic carbocycles. The first-order valence-corrected chi connectivity index (χ1v) is 13.7. The number of carbonyl (C=O) groups is 1. The Labute approximate surface area is 236 Å². The van der Waals surface area contributed by atoms with E-state index in [1.165, 1.54) is 23.0 Å². The molecule has 39 heavy (non-hydrogen) atoms. The van der Waals surface area contributed by atoms with Crippen molar-refractivity contribution in [1.29, 1.82) is 0 Å². The molecule has 200 valence electrons. The van der Waals surface area contributed by atoms with Gasteiger partial charge in [-0.05, 0) is 48.9 Å². The molecular formula is C29H25BrN2O6S. The Morgan fingerprint density at radius 1 is 1.15 bits per heavy atom. The van der Waals surface area contributed by atoms with Gasteiger partial charge in [0, 0.05) is 15.6 Å². The van der Waals surface area contributed by atoms with Crippen LogP contribution in [-0.2, 0) is 9.53 Å². The average molecular weight is 609 g/mol. The monoisotopic (exact) mass is 608 g/mol. The summed E-state index contributed by atoms with van der Waals surface area (Å²) in [7, 11) is 3.01. The van der Waals surface area contributed by atoms with Crippen LogP contribution in [0.4, 0.5) is 0 Å². The molecule has 1 N–H and O–H groups in total. The molecule has 0 bridgehead atoms. The van der Waals surface area contributed by atoms with Crippen LogP contribution >= 0.6 is 27.3 Å². The van der Waals surface area contributed by atoms with E-state index < -0.39 is 12.0 Å². The topological polar surface area (TPSA) is 99.4 Å². The van der Waals surface area contributed by atoms with Crippen LogP contribution in [-0.4, -0.2) is 36.5 Å². The Bertz CT molecular complexity index is 1840. The number of ether oxygens (including phenoxy) is 3. The zero-order valence-electron chi connectivity index (χ0n) is 21.6. The molecule has 4 aromatic rings. The largest absolute Gasteiger partial charge is 0.504 e.